The summed E-state index contributed by atoms with van der Waals surface area (Å²) in [5.41, 5.74) is 5.05. The van der Waals surface area contributed by atoms with E-state index < -0.39 is 0 Å². The second kappa shape index (κ2) is 5.90. The number of amides is 1. The van der Waals surface area contributed by atoms with Crippen molar-refractivity contribution in [2.24, 2.45) is 0 Å². The first kappa shape index (κ1) is 15.1. The van der Waals surface area contributed by atoms with E-state index in [0.29, 0.717) is 11.5 Å². The maximum atomic E-state index is 12.6. The first-order valence-electron chi connectivity index (χ1n) is 7.99. The molecule has 2 heterocycles. The Bertz CT molecular complexity index is 1040. The van der Waals surface area contributed by atoms with Crippen molar-refractivity contribution in [3.05, 3.63) is 71.5 Å². The van der Waals surface area contributed by atoms with Crippen molar-refractivity contribution in [1.29, 1.82) is 0 Å². The Hall–Kier alpha value is -3.41. The lowest BCUT2D eigenvalue weighted by atomic mass is 10.2. The number of H-pyrrole nitrogens is 1. The van der Waals surface area contributed by atoms with Gasteiger partial charge in [-0.1, -0.05) is 24.3 Å². The number of anilines is 1. The van der Waals surface area contributed by atoms with Gasteiger partial charge in [-0.15, -0.1) is 0 Å². The summed E-state index contributed by atoms with van der Waals surface area (Å²) in [5, 5.41) is 7.16. The topological polar surface area (TPSA) is 75.6 Å². The summed E-state index contributed by atoms with van der Waals surface area (Å²) in [6.45, 7) is 3.90. The Labute approximate surface area is 144 Å². The van der Waals surface area contributed by atoms with E-state index in [0.717, 1.165) is 28.0 Å². The van der Waals surface area contributed by atoms with Gasteiger partial charge in [0.05, 0.1) is 34.2 Å². The molecule has 4 aromatic rings. The fourth-order valence-electron chi connectivity index (χ4n) is 2.84. The third-order valence-electron chi connectivity index (χ3n) is 4.12. The molecule has 0 spiro atoms. The van der Waals surface area contributed by atoms with Gasteiger partial charge in [0.1, 0.15) is 0 Å². The number of carbonyl (C=O) groups is 1. The molecule has 0 atom stereocenters. The van der Waals surface area contributed by atoms with Crippen LogP contribution in [0.5, 0.6) is 0 Å². The van der Waals surface area contributed by atoms with Crippen molar-refractivity contribution in [2.75, 3.05) is 5.32 Å². The number of nitrogens with one attached hydrogen (secondary N) is 2. The van der Waals surface area contributed by atoms with Crippen LogP contribution in [0.3, 0.4) is 0 Å². The molecular formula is C19H17N5O. The largest absolute Gasteiger partial charge is 0.324 e. The monoisotopic (exact) mass is 331 g/mol. The summed E-state index contributed by atoms with van der Waals surface area (Å²) in [5.74, 6) is 0.185. The molecule has 0 unspecified atom stereocenters. The minimum absolute atomic E-state index is 0.240. The number of rotatable bonds is 3. The average Bonchev–Trinajstić information content (AvgIpc) is 3.17. The second-order valence-corrected chi connectivity index (χ2v) is 5.95. The zero-order valence-electron chi connectivity index (χ0n) is 13.9. The molecular weight excluding hydrogens is 314 g/mol. The number of hydrogen-bond acceptors (Lipinski definition) is 3. The zero-order chi connectivity index (χ0) is 17.4. The molecule has 2 aromatic carbocycles. The lowest BCUT2D eigenvalue weighted by molar-refractivity contribution is 0.102. The molecule has 6 heteroatoms. The van der Waals surface area contributed by atoms with Crippen LogP contribution in [0.4, 0.5) is 5.95 Å². The van der Waals surface area contributed by atoms with Gasteiger partial charge < -0.3 is 4.98 Å². The van der Waals surface area contributed by atoms with Crippen LogP contribution < -0.4 is 5.32 Å². The van der Waals surface area contributed by atoms with Gasteiger partial charge >= 0.3 is 0 Å². The molecule has 1 amide bonds. The molecule has 0 aliphatic rings. The second-order valence-electron chi connectivity index (χ2n) is 5.95. The Morgan fingerprint density at radius 1 is 1.12 bits per heavy atom. The highest BCUT2D eigenvalue weighted by Crippen LogP contribution is 2.18. The molecule has 2 N–H and O–H groups in total. The van der Waals surface area contributed by atoms with Gasteiger partial charge in [0.15, 0.2) is 0 Å². The average molecular weight is 331 g/mol. The number of aromatic amines is 1. The Balaban J connectivity index is 1.62. The van der Waals surface area contributed by atoms with E-state index in [1.165, 1.54) is 0 Å². The molecule has 2 aromatic heterocycles. The first-order chi connectivity index (χ1) is 12.1. The third-order valence-corrected chi connectivity index (χ3v) is 4.12. The van der Waals surface area contributed by atoms with Gasteiger partial charge in [-0.05, 0) is 43.7 Å². The van der Waals surface area contributed by atoms with E-state index in [-0.39, 0.29) is 5.91 Å². The number of hydrogen-bond donors (Lipinski definition) is 2. The summed E-state index contributed by atoms with van der Waals surface area (Å²) in [4.78, 5) is 20.1. The van der Waals surface area contributed by atoms with Crippen molar-refractivity contribution in [1.82, 2.24) is 19.7 Å². The van der Waals surface area contributed by atoms with E-state index in [1.807, 2.05) is 62.4 Å². The number of imidazole rings is 1. The van der Waals surface area contributed by atoms with Crippen LogP contribution in [-0.4, -0.2) is 25.7 Å². The van der Waals surface area contributed by atoms with Crippen LogP contribution in [0.15, 0.2) is 54.7 Å². The number of aryl methyl sites for hydroxylation is 1. The quantitative estimate of drug-likeness (QED) is 0.602. The van der Waals surface area contributed by atoms with E-state index in [1.54, 1.807) is 10.9 Å². The van der Waals surface area contributed by atoms with Gasteiger partial charge in [0.2, 0.25) is 5.95 Å². The number of nitrogens with zero attached hydrogens (tertiary/aromatic N) is 3. The van der Waals surface area contributed by atoms with Crippen LogP contribution in [-0.2, 0) is 0 Å². The Kier molecular flexibility index (Phi) is 3.57. The number of fused-ring (bicyclic) bond motifs is 1. The van der Waals surface area contributed by atoms with Crippen molar-refractivity contribution in [2.45, 2.75) is 13.8 Å². The van der Waals surface area contributed by atoms with Crippen molar-refractivity contribution in [3.8, 4) is 5.69 Å². The maximum Gasteiger partial charge on any atom is 0.261 e. The predicted octanol–water partition coefficient (Wildman–Crippen LogP) is 3.62. The van der Waals surface area contributed by atoms with Crippen LogP contribution in [0, 0.1) is 13.8 Å². The minimum Gasteiger partial charge on any atom is -0.324 e. The maximum absolute atomic E-state index is 12.6. The molecule has 25 heavy (non-hydrogen) atoms. The molecule has 0 saturated heterocycles. The van der Waals surface area contributed by atoms with Gasteiger partial charge in [-0.25, -0.2) is 9.67 Å². The smallest absolute Gasteiger partial charge is 0.261 e. The van der Waals surface area contributed by atoms with Gasteiger partial charge in [0.25, 0.3) is 5.91 Å². The lowest BCUT2D eigenvalue weighted by Gasteiger charge is -2.06. The molecule has 0 saturated carbocycles. The molecule has 0 bridgehead atoms. The molecule has 0 radical (unpaired) electrons. The predicted molar refractivity (Wildman–Crippen MR) is 97.1 cm³/mol. The highest BCUT2D eigenvalue weighted by molar-refractivity contribution is 6.04. The van der Waals surface area contributed by atoms with E-state index in [2.05, 4.69) is 20.4 Å². The minimum atomic E-state index is -0.240. The van der Waals surface area contributed by atoms with E-state index in [4.69, 9.17) is 0 Å². The first-order valence-corrected chi connectivity index (χ1v) is 7.99. The zero-order valence-corrected chi connectivity index (χ0v) is 13.9. The molecule has 6 nitrogen and oxygen atoms in total. The van der Waals surface area contributed by atoms with Crippen LogP contribution in [0.2, 0.25) is 0 Å². The summed E-state index contributed by atoms with van der Waals surface area (Å²) in [6, 6.07) is 15.6. The fourth-order valence-corrected chi connectivity index (χ4v) is 2.84. The summed E-state index contributed by atoms with van der Waals surface area (Å²) in [6.07, 6.45) is 1.58. The molecule has 0 aliphatic carbocycles. The van der Waals surface area contributed by atoms with Gasteiger partial charge in [0, 0.05) is 0 Å². The number of para-hydroxylation sites is 2. The Morgan fingerprint density at radius 3 is 2.76 bits per heavy atom. The fraction of sp³-hybridized carbons (Fsp3) is 0.105. The molecule has 124 valence electrons. The van der Waals surface area contributed by atoms with Crippen molar-refractivity contribution >= 4 is 22.9 Å². The van der Waals surface area contributed by atoms with Gasteiger partial charge in [-0.2, -0.15) is 5.10 Å². The standard InChI is InChI=1S/C19H17N5O/c1-12-6-5-7-14(10-12)24-13(2)15(11-20-24)18(25)23-19-21-16-8-3-4-9-17(16)22-19/h3-11H,1-2H3,(H2,21,22,23,25). The number of aromatic nitrogens is 4. The van der Waals surface area contributed by atoms with Crippen molar-refractivity contribution in [3.63, 3.8) is 0 Å². The highest BCUT2D eigenvalue weighted by atomic mass is 16.1. The number of carbonyl (C=O) groups excluding carboxylic acids is 1. The molecule has 0 aliphatic heterocycles. The summed E-state index contributed by atoms with van der Waals surface area (Å²) >= 11 is 0. The SMILES string of the molecule is Cc1cccc(-n2ncc(C(=O)Nc3nc4ccccc4[nH]3)c2C)c1. The normalized spacial score (nSPS) is 11.0. The third kappa shape index (κ3) is 2.78. The van der Waals surface area contributed by atoms with Crippen LogP contribution >= 0.6 is 0 Å². The van der Waals surface area contributed by atoms with Crippen LogP contribution in [0.1, 0.15) is 21.6 Å². The van der Waals surface area contributed by atoms with E-state index in [9.17, 15) is 4.79 Å². The van der Waals surface area contributed by atoms with Crippen LogP contribution in [0.25, 0.3) is 16.7 Å². The highest BCUT2D eigenvalue weighted by Gasteiger charge is 2.16. The Morgan fingerprint density at radius 2 is 1.96 bits per heavy atom. The van der Waals surface area contributed by atoms with Crippen molar-refractivity contribution < 1.29 is 4.79 Å². The van der Waals surface area contributed by atoms with Gasteiger partial charge in [-0.3, -0.25) is 10.1 Å². The summed E-state index contributed by atoms with van der Waals surface area (Å²) in [7, 11) is 0. The van der Waals surface area contributed by atoms with E-state index >= 15 is 0 Å². The molecule has 0 fully saturated rings. The molecule has 4 rings (SSSR count). The number of benzene rings is 2. The summed E-state index contributed by atoms with van der Waals surface area (Å²) < 4.78 is 1.76. The lowest BCUT2D eigenvalue weighted by Crippen LogP contribution is -2.14.